The number of piperazine rings is 1. The molecular weight excluding hydrogens is 344 g/mol. The molecule has 132 valence electrons. The molecule has 0 aliphatic carbocycles. The molecule has 1 N–H and O–H groups in total. The standard InChI is InChI=1S/C17H19ClN4O3/c1-2-25-17(24)22-9-7-21(8-10-22)16(23)15-11-14(19-20-15)12-3-5-13(18)6-4-12/h3-6,11H,2,7-10H2,1H3,(H,19,20). The van der Waals surface area contributed by atoms with Gasteiger partial charge in [-0.05, 0) is 25.1 Å². The van der Waals surface area contributed by atoms with Crippen LogP contribution in [-0.2, 0) is 4.74 Å². The van der Waals surface area contributed by atoms with Crippen LogP contribution in [0.1, 0.15) is 17.4 Å². The lowest BCUT2D eigenvalue weighted by atomic mass is 10.1. The maximum atomic E-state index is 12.6. The third-order valence-electron chi connectivity index (χ3n) is 4.04. The highest BCUT2D eigenvalue weighted by Gasteiger charge is 2.26. The average Bonchev–Trinajstić information content (AvgIpc) is 3.12. The van der Waals surface area contributed by atoms with E-state index in [4.69, 9.17) is 16.3 Å². The van der Waals surface area contributed by atoms with Crippen LogP contribution in [0.5, 0.6) is 0 Å². The highest BCUT2D eigenvalue weighted by Crippen LogP contribution is 2.21. The fourth-order valence-electron chi connectivity index (χ4n) is 2.68. The summed E-state index contributed by atoms with van der Waals surface area (Å²) >= 11 is 5.88. The van der Waals surface area contributed by atoms with Gasteiger partial charge in [0, 0.05) is 36.8 Å². The molecule has 0 bridgehead atoms. The van der Waals surface area contributed by atoms with Gasteiger partial charge in [-0.1, -0.05) is 23.7 Å². The van der Waals surface area contributed by atoms with Gasteiger partial charge in [0.2, 0.25) is 0 Å². The van der Waals surface area contributed by atoms with Crippen LogP contribution < -0.4 is 0 Å². The van der Waals surface area contributed by atoms with E-state index in [-0.39, 0.29) is 12.0 Å². The van der Waals surface area contributed by atoms with Gasteiger partial charge in [0.25, 0.3) is 5.91 Å². The van der Waals surface area contributed by atoms with Crippen molar-refractivity contribution in [3.63, 3.8) is 0 Å². The monoisotopic (exact) mass is 362 g/mol. The Morgan fingerprint density at radius 3 is 2.44 bits per heavy atom. The summed E-state index contributed by atoms with van der Waals surface area (Å²) in [5.41, 5.74) is 1.99. The number of nitrogens with zero attached hydrogens (tertiary/aromatic N) is 3. The zero-order chi connectivity index (χ0) is 17.8. The Kier molecular flexibility index (Phi) is 5.23. The molecule has 0 unspecified atom stereocenters. The van der Waals surface area contributed by atoms with E-state index in [1.165, 1.54) is 0 Å². The number of amides is 2. The molecule has 1 aromatic heterocycles. The average molecular weight is 363 g/mol. The number of carbonyl (C=O) groups excluding carboxylic acids is 2. The SMILES string of the molecule is CCOC(=O)N1CCN(C(=O)c2cc(-c3ccc(Cl)cc3)n[nH]2)CC1. The first kappa shape index (κ1) is 17.3. The Hall–Kier alpha value is -2.54. The van der Waals surface area contributed by atoms with E-state index in [1.54, 1.807) is 34.9 Å². The zero-order valence-electron chi connectivity index (χ0n) is 13.9. The molecule has 1 fully saturated rings. The van der Waals surface area contributed by atoms with Crippen LogP contribution in [0.3, 0.4) is 0 Å². The zero-order valence-corrected chi connectivity index (χ0v) is 14.6. The van der Waals surface area contributed by atoms with Crippen molar-refractivity contribution in [2.75, 3.05) is 32.8 Å². The van der Waals surface area contributed by atoms with Gasteiger partial charge in [-0.25, -0.2) is 4.79 Å². The number of H-pyrrole nitrogens is 1. The van der Waals surface area contributed by atoms with Crippen LogP contribution in [0.25, 0.3) is 11.3 Å². The lowest BCUT2D eigenvalue weighted by molar-refractivity contribution is 0.0566. The van der Waals surface area contributed by atoms with Gasteiger partial charge in [-0.2, -0.15) is 5.10 Å². The number of hydrogen-bond donors (Lipinski definition) is 1. The Balaban J connectivity index is 1.63. The van der Waals surface area contributed by atoms with E-state index < -0.39 is 0 Å². The second-order valence-electron chi connectivity index (χ2n) is 5.65. The van der Waals surface area contributed by atoms with E-state index in [1.807, 2.05) is 12.1 Å². The first-order valence-electron chi connectivity index (χ1n) is 8.11. The van der Waals surface area contributed by atoms with Crippen LogP contribution in [0.2, 0.25) is 5.02 Å². The van der Waals surface area contributed by atoms with Gasteiger partial charge >= 0.3 is 6.09 Å². The minimum absolute atomic E-state index is 0.128. The number of hydrogen-bond acceptors (Lipinski definition) is 4. The summed E-state index contributed by atoms with van der Waals surface area (Å²) in [6.45, 7) is 3.97. The van der Waals surface area contributed by atoms with Gasteiger partial charge in [0.15, 0.2) is 0 Å². The Morgan fingerprint density at radius 2 is 1.80 bits per heavy atom. The van der Waals surface area contributed by atoms with Crippen molar-refractivity contribution in [2.24, 2.45) is 0 Å². The fourth-order valence-corrected chi connectivity index (χ4v) is 2.80. The number of aromatic amines is 1. The van der Waals surface area contributed by atoms with Crippen LogP contribution >= 0.6 is 11.6 Å². The van der Waals surface area contributed by atoms with E-state index >= 15 is 0 Å². The lowest BCUT2D eigenvalue weighted by Crippen LogP contribution is -2.50. The molecule has 2 aromatic rings. The Labute approximate surface area is 150 Å². The number of carbonyl (C=O) groups is 2. The van der Waals surface area contributed by atoms with Gasteiger partial charge < -0.3 is 14.5 Å². The van der Waals surface area contributed by atoms with Crippen LogP contribution in [0.15, 0.2) is 30.3 Å². The number of ether oxygens (including phenoxy) is 1. The molecule has 0 spiro atoms. The smallest absolute Gasteiger partial charge is 0.409 e. The summed E-state index contributed by atoms with van der Waals surface area (Å²) in [4.78, 5) is 27.6. The van der Waals surface area contributed by atoms with Gasteiger partial charge in [0.1, 0.15) is 5.69 Å². The third kappa shape index (κ3) is 3.93. The third-order valence-corrected chi connectivity index (χ3v) is 4.29. The van der Waals surface area contributed by atoms with Crippen LogP contribution in [0.4, 0.5) is 4.79 Å². The normalized spacial score (nSPS) is 14.5. The summed E-state index contributed by atoms with van der Waals surface area (Å²) in [5.74, 6) is -0.128. The van der Waals surface area contributed by atoms with Crippen LogP contribution in [0, 0.1) is 0 Å². The summed E-state index contributed by atoms with van der Waals surface area (Å²) in [6, 6.07) is 8.99. The van der Waals surface area contributed by atoms with Gasteiger partial charge in [-0.15, -0.1) is 0 Å². The molecule has 7 nitrogen and oxygen atoms in total. The molecule has 3 rings (SSSR count). The summed E-state index contributed by atoms with van der Waals surface area (Å²) < 4.78 is 4.98. The van der Waals surface area contributed by atoms with Crippen molar-refractivity contribution in [3.8, 4) is 11.3 Å². The van der Waals surface area contributed by atoms with Crippen molar-refractivity contribution in [1.29, 1.82) is 0 Å². The Morgan fingerprint density at radius 1 is 1.16 bits per heavy atom. The second kappa shape index (κ2) is 7.57. The van der Waals surface area contributed by atoms with Crippen molar-refractivity contribution in [3.05, 3.63) is 41.0 Å². The number of nitrogens with one attached hydrogen (secondary N) is 1. The van der Waals surface area contributed by atoms with Crippen molar-refractivity contribution < 1.29 is 14.3 Å². The fraction of sp³-hybridized carbons (Fsp3) is 0.353. The molecule has 1 aliphatic rings. The molecule has 0 atom stereocenters. The molecular formula is C17H19ClN4O3. The van der Waals surface area contributed by atoms with Crippen molar-refractivity contribution in [1.82, 2.24) is 20.0 Å². The van der Waals surface area contributed by atoms with Crippen molar-refractivity contribution in [2.45, 2.75) is 6.92 Å². The molecule has 1 aliphatic heterocycles. The van der Waals surface area contributed by atoms with Crippen molar-refractivity contribution >= 4 is 23.6 Å². The maximum absolute atomic E-state index is 12.6. The van der Waals surface area contributed by atoms with Crippen LogP contribution in [-0.4, -0.2) is 64.8 Å². The Bertz CT molecular complexity index is 752. The lowest BCUT2D eigenvalue weighted by Gasteiger charge is -2.33. The van der Waals surface area contributed by atoms with E-state index in [2.05, 4.69) is 10.2 Å². The minimum atomic E-state index is -0.332. The molecule has 25 heavy (non-hydrogen) atoms. The van der Waals surface area contributed by atoms with E-state index in [9.17, 15) is 9.59 Å². The molecule has 1 saturated heterocycles. The predicted octanol–water partition coefficient (Wildman–Crippen LogP) is 2.64. The van der Waals surface area contributed by atoms with E-state index in [0.29, 0.717) is 49.2 Å². The topological polar surface area (TPSA) is 78.5 Å². The summed E-state index contributed by atoms with van der Waals surface area (Å²) in [6.07, 6.45) is -0.332. The number of halogens is 1. The predicted molar refractivity (Wildman–Crippen MR) is 93.5 cm³/mol. The summed E-state index contributed by atoms with van der Waals surface area (Å²) in [7, 11) is 0. The molecule has 8 heteroatoms. The first-order chi connectivity index (χ1) is 12.1. The quantitative estimate of drug-likeness (QED) is 0.910. The summed E-state index contributed by atoms with van der Waals surface area (Å²) in [5, 5.41) is 7.64. The largest absolute Gasteiger partial charge is 0.450 e. The second-order valence-corrected chi connectivity index (χ2v) is 6.09. The molecule has 1 aromatic carbocycles. The molecule has 2 amide bonds. The van der Waals surface area contributed by atoms with E-state index in [0.717, 1.165) is 5.56 Å². The number of rotatable bonds is 3. The molecule has 2 heterocycles. The maximum Gasteiger partial charge on any atom is 0.409 e. The first-order valence-corrected chi connectivity index (χ1v) is 8.48. The number of aromatic nitrogens is 2. The minimum Gasteiger partial charge on any atom is -0.450 e. The highest BCUT2D eigenvalue weighted by atomic mass is 35.5. The van der Waals surface area contributed by atoms with Gasteiger partial charge in [-0.3, -0.25) is 9.89 Å². The highest BCUT2D eigenvalue weighted by molar-refractivity contribution is 6.30. The van der Waals surface area contributed by atoms with Gasteiger partial charge in [0.05, 0.1) is 12.3 Å². The number of benzene rings is 1. The molecule has 0 saturated carbocycles. The molecule has 0 radical (unpaired) electrons.